The molecule has 1 aliphatic carbocycles. The first-order chi connectivity index (χ1) is 9.57. The highest BCUT2D eigenvalue weighted by atomic mass is 32.2. The van der Waals surface area contributed by atoms with E-state index in [4.69, 9.17) is 0 Å². The molecule has 7 heteroatoms. The molecule has 1 saturated heterocycles. The summed E-state index contributed by atoms with van der Waals surface area (Å²) >= 11 is 1.82. The van der Waals surface area contributed by atoms with Gasteiger partial charge in [0.25, 0.3) is 0 Å². The average molecular weight is 315 g/mol. The van der Waals surface area contributed by atoms with Gasteiger partial charge in [-0.2, -0.15) is 16.1 Å². The van der Waals surface area contributed by atoms with Crippen LogP contribution in [0.2, 0.25) is 0 Å². The van der Waals surface area contributed by atoms with Crippen molar-refractivity contribution in [1.29, 1.82) is 0 Å². The Labute approximate surface area is 124 Å². The fourth-order valence-electron chi connectivity index (χ4n) is 2.37. The molecule has 2 heterocycles. The zero-order chi connectivity index (χ0) is 14.2. The van der Waals surface area contributed by atoms with Crippen molar-refractivity contribution in [3.63, 3.8) is 0 Å². The first-order valence-electron chi connectivity index (χ1n) is 7.04. The topological polar surface area (TPSA) is 54.3 Å². The molecule has 1 saturated carbocycles. The summed E-state index contributed by atoms with van der Waals surface area (Å²) in [5, 5.41) is 3.43. The molecular formula is C13H21N3O2S2. The van der Waals surface area contributed by atoms with Crippen molar-refractivity contribution < 1.29 is 8.42 Å². The second kappa shape index (κ2) is 5.71. The van der Waals surface area contributed by atoms with Crippen LogP contribution in [0, 0.1) is 0 Å². The highest BCUT2D eigenvalue weighted by molar-refractivity contribution is 7.99. The van der Waals surface area contributed by atoms with Crippen molar-refractivity contribution >= 4 is 21.8 Å². The van der Waals surface area contributed by atoms with Crippen LogP contribution in [0.25, 0.3) is 0 Å². The van der Waals surface area contributed by atoms with E-state index in [1.165, 1.54) is 12.8 Å². The van der Waals surface area contributed by atoms with Gasteiger partial charge in [-0.15, -0.1) is 0 Å². The van der Waals surface area contributed by atoms with Crippen LogP contribution >= 0.6 is 11.8 Å². The van der Waals surface area contributed by atoms with Gasteiger partial charge in [-0.05, 0) is 18.9 Å². The molecule has 0 atom stereocenters. The normalized spacial score (nSPS) is 21.2. The van der Waals surface area contributed by atoms with Gasteiger partial charge in [0, 0.05) is 56.1 Å². The van der Waals surface area contributed by atoms with Gasteiger partial charge < -0.3 is 9.88 Å². The number of aromatic nitrogens is 1. The zero-order valence-electron chi connectivity index (χ0n) is 11.7. The number of hydrogen-bond donors (Lipinski definition) is 1. The van der Waals surface area contributed by atoms with E-state index in [1.807, 2.05) is 29.4 Å². The quantitative estimate of drug-likeness (QED) is 0.881. The molecule has 0 amide bonds. The maximum absolute atomic E-state index is 12.6. The van der Waals surface area contributed by atoms with Crippen LogP contribution in [-0.2, 0) is 23.6 Å². The van der Waals surface area contributed by atoms with Gasteiger partial charge in [0.1, 0.15) is 4.90 Å². The number of rotatable bonds is 5. The third-order valence-corrected chi connectivity index (χ3v) is 6.65. The van der Waals surface area contributed by atoms with Gasteiger partial charge in [0.2, 0.25) is 10.0 Å². The Morgan fingerprint density at radius 1 is 1.35 bits per heavy atom. The van der Waals surface area contributed by atoms with E-state index in [0.29, 0.717) is 24.0 Å². The fourth-order valence-corrected chi connectivity index (χ4v) is 5.04. The Balaban J connectivity index is 1.76. The molecule has 0 unspecified atom stereocenters. The predicted octanol–water partition coefficient (Wildman–Crippen LogP) is 1.01. The summed E-state index contributed by atoms with van der Waals surface area (Å²) in [6, 6.07) is 2.44. The van der Waals surface area contributed by atoms with Crippen LogP contribution < -0.4 is 5.32 Å². The Hall–Kier alpha value is -0.500. The highest BCUT2D eigenvalue weighted by Crippen LogP contribution is 2.23. The van der Waals surface area contributed by atoms with E-state index in [0.717, 1.165) is 23.7 Å². The summed E-state index contributed by atoms with van der Waals surface area (Å²) in [5.74, 6) is 1.78. The van der Waals surface area contributed by atoms with E-state index in [1.54, 1.807) is 10.5 Å². The molecule has 0 bridgehead atoms. The molecule has 1 aromatic heterocycles. The van der Waals surface area contributed by atoms with E-state index in [-0.39, 0.29) is 0 Å². The zero-order valence-corrected chi connectivity index (χ0v) is 13.3. The molecule has 0 spiro atoms. The Kier molecular flexibility index (Phi) is 4.12. The summed E-state index contributed by atoms with van der Waals surface area (Å²) < 4.78 is 28.7. The van der Waals surface area contributed by atoms with Gasteiger partial charge in [0.15, 0.2) is 0 Å². The molecule has 3 rings (SSSR count). The second-order valence-corrected chi connectivity index (χ2v) is 8.61. The Morgan fingerprint density at radius 3 is 2.70 bits per heavy atom. The minimum atomic E-state index is -3.32. The van der Waals surface area contributed by atoms with Crippen molar-refractivity contribution in [2.24, 2.45) is 7.05 Å². The van der Waals surface area contributed by atoms with E-state index in [9.17, 15) is 8.42 Å². The van der Waals surface area contributed by atoms with Crippen LogP contribution in [0.1, 0.15) is 18.5 Å². The standard InChI is InChI=1S/C13H21N3O2S2/c1-15-10-13(8-12(15)9-14-11-2-3-11)20(17,18)16-4-6-19-7-5-16/h8,10-11,14H,2-7,9H2,1H3. The number of aryl methyl sites for hydroxylation is 1. The number of thioether (sulfide) groups is 1. The Morgan fingerprint density at radius 2 is 2.05 bits per heavy atom. The van der Waals surface area contributed by atoms with Crippen LogP contribution in [0.4, 0.5) is 0 Å². The van der Waals surface area contributed by atoms with E-state index < -0.39 is 10.0 Å². The molecule has 1 aliphatic heterocycles. The summed E-state index contributed by atoms with van der Waals surface area (Å²) in [6.45, 7) is 1.99. The molecule has 0 aromatic carbocycles. The molecule has 2 aliphatic rings. The lowest BCUT2D eigenvalue weighted by Crippen LogP contribution is -2.37. The summed E-state index contributed by atoms with van der Waals surface area (Å²) in [5.41, 5.74) is 1.03. The van der Waals surface area contributed by atoms with Crippen molar-refractivity contribution in [3.8, 4) is 0 Å². The van der Waals surface area contributed by atoms with Gasteiger partial charge in [0.05, 0.1) is 0 Å². The van der Waals surface area contributed by atoms with Crippen LogP contribution in [0.5, 0.6) is 0 Å². The molecule has 5 nitrogen and oxygen atoms in total. The second-order valence-electron chi connectivity index (χ2n) is 5.45. The maximum atomic E-state index is 12.6. The lowest BCUT2D eigenvalue weighted by atomic mass is 10.4. The van der Waals surface area contributed by atoms with Crippen molar-refractivity contribution in [2.45, 2.75) is 30.3 Å². The van der Waals surface area contributed by atoms with Crippen molar-refractivity contribution in [2.75, 3.05) is 24.6 Å². The SMILES string of the molecule is Cn1cc(S(=O)(=O)N2CCSCC2)cc1CNC1CC1. The van der Waals surface area contributed by atoms with Crippen LogP contribution in [0.3, 0.4) is 0 Å². The number of nitrogens with zero attached hydrogens (tertiary/aromatic N) is 2. The number of nitrogens with one attached hydrogen (secondary N) is 1. The highest BCUT2D eigenvalue weighted by Gasteiger charge is 2.28. The largest absolute Gasteiger partial charge is 0.352 e. The molecule has 1 aromatic rings. The number of sulfonamides is 1. The lowest BCUT2D eigenvalue weighted by molar-refractivity contribution is 0.443. The predicted molar refractivity (Wildman–Crippen MR) is 81.4 cm³/mol. The lowest BCUT2D eigenvalue weighted by Gasteiger charge is -2.24. The van der Waals surface area contributed by atoms with Gasteiger partial charge in [-0.3, -0.25) is 0 Å². The maximum Gasteiger partial charge on any atom is 0.244 e. The van der Waals surface area contributed by atoms with Gasteiger partial charge >= 0.3 is 0 Å². The summed E-state index contributed by atoms with van der Waals surface area (Å²) in [7, 11) is -1.40. The fraction of sp³-hybridized carbons (Fsp3) is 0.692. The molecule has 20 heavy (non-hydrogen) atoms. The molecule has 2 fully saturated rings. The first-order valence-corrected chi connectivity index (χ1v) is 9.63. The van der Waals surface area contributed by atoms with Crippen molar-refractivity contribution in [3.05, 3.63) is 18.0 Å². The summed E-state index contributed by atoms with van der Waals surface area (Å²) in [6.07, 6.45) is 4.21. The first kappa shape index (κ1) is 14.4. The third kappa shape index (κ3) is 3.05. The monoisotopic (exact) mass is 315 g/mol. The van der Waals surface area contributed by atoms with Gasteiger partial charge in [-0.1, -0.05) is 0 Å². The average Bonchev–Trinajstić information content (AvgIpc) is 3.20. The smallest absolute Gasteiger partial charge is 0.244 e. The van der Waals surface area contributed by atoms with E-state index >= 15 is 0 Å². The number of hydrogen-bond acceptors (Lipinski definition) is 4. The van der Waals surface area contributed by atoms with E-state index in [2.05, 4.69) is 5.32 Å². The molecule has 112 valence electrons. The van der Waals surface area contributed by atoms with Crippen LogP contribution in [0.15, 0.2) is 17.2 Å². The minimum Gasteiger partial charge on any atom is -0.352 e. The van der Waals surface area contributed by atoms with Crippen molar-refractivity contribution in [1.82, 2.24) is 14.2 Å². The van der Waals surface area contributed by atoms with Crippen LogP contribution in [-0.4, -0.2) is 47.9 Å². The Bertz CT molecular complexity index is 572. The van der Waals surface area contributed by atoms with Gasteiger partial charge in [-0.25, -0.2) is 8.42 Å². The molecule has 1 N–H and O–H groups in total. The summed E-state index contributed by atoms with van der Waals surface area (Å²) in [4.78, 5) is 0.430. The molecular weight excluding hydrogens is 294 g/mol. The third-order valence-electron chi connectivity index (χ3n) is 3.84. The molecule has 0 radical (unpaired) electrons. The minimum absolute atomic E-state index is 0.430.